The van der Waals surface area contributed by atoms with Gasteiger partial charge in [-0.25, -0.2) is 0 Å². The van der Waals surface area contributed by atoms with E-state index in [4.69, 9.17) is 39.5 Å². The maximum Gasteiger partial charge on any atom is 0.150 e. The Balaban J connectivity index is 1.85. The molecule has 0 amide bonds. The van der Waals surface area contributed by atoms with E-state index in [0.717, 1.165) is 12.1 Å². The lowest BCUT2D eigenvalue weighted by Crippen LogP contribution is -2.15. The third kappa shape index (κ3) is 3.83. The number of benzene rings is 2. The molecule has 0 aromatic heterocycles. The molecule has 2 aromatic rings. The first kappa shape index (κ1) is 15.0. The van der Waals surface area contributed by atoms with Crippen LogP contribution in [0.4, 0.5) is 0 Å². The number of para-hydroxylation sites is 1. The minimum absolute atomic E-state index is 0.462. The Morgan fingerprint density at radius 3 is 2.57 bits per heavy atom. The molecule has 2 aromatic carbocycles. The van der Waals surface area contributed by atoms with Gasteiger partial charge < -0.3 is 10.1 Å². The van der Waals surface area contributed by atoms with Crippen LogP contribution in [0.1, 0.15) is 18.4 Å². The fourth-order valence-corrected chi connectivity index (χ4v) is 2.70. The summed E-state index contributed by atoms with van der Waals surface area (Å²) in [6.07, 6.45) is 2.47. The normalized spacial score (nSPS) is 14.2. The molecular formula is C16H14Cl3NO. The minimum atomic E-state index is 0.462. The van der Waals surface area contributed by atoms with Crippen LogP contribution in [0.25, 0.3) is 0 Å². The van der Waals surface area contributed by atoms with Crippen LogP contribution in [0.2, 0.25) is 15.1 Å². The Kier molecular flexibility index (Phi) is 4.60. The highest BCUT2D eigenvalue weighted by Crippen LogP contribution is 2.37. The Hall–Kier alpha value is -0.930. The summed E-state index contributed by atoms with van der Waals surface area (Å²) in [5, 5.41) is 5.06. The smallest absolute Gasteiger partial charge is 0.150 e. The second-order valence-corrected chi connectivity index (χ2v) is 6.31. The van der Waals surface area contributed by atoms with Crippen LogP contribution in [-0.2, 0) is 6.54 Å². The van der Waals surface area contributed by atoms with Crippen molar-refractivity contribution in [1.82, 2.24) is 5.32 Å². The second kappa shape index (κ2) is 6.45. The van der Waals surface area contributed by atoms with Crippen LogP contribution < -0.4 is 10.1 Å². The fraction of sp³-hybridized carbons (Fsp3) is 0.250. The lowest BCUT2D eigenvalue weighted by molar-refractivity contribution is 0.473. The summed E-state index contributed by atoms with van der Waals surface area (Å²) in [5.41, 5.74) is 1.01. The van der Waals surface area contributed by atoms with Gasteiger partial charge in [0.25, 0.3) is 0 Å². The van der Waals surface area contributed by atoms with Gasteiger partial charge in [0.05, 0.1) is 10.0 Å². The van der Waals surface area contributed by atoms with E-state index in [1.165, 1.54) is 12.8 Å². The molecule has 0 aliphatic heterocycles. The van der Waals surface area contributed by atoms with Crippen molar-refractivity contribution < 1.29 is 4.74 Å². The predicted molar refractivity (Wildman–Crippen MR) is 87.8 cm³/mol. The zero-order valence-corrected chi connectivity index (χ0v) is 13.5. The molecule has 110 valence electrons. The van der Waals surface area contributed by atoms with E-state index in [0.29, 0.717) is 32.6 Å². The molecule has 0 atom stereocenters. The molecule has 3 rings (SSSR count). The highest BCUT2D eigenvalue weighted by molar-refractivity contribution is 6.35. The van der Waals surface area contributed by atoms with Crippen molar-refractivity contribution in [2.24, 2.45) is 0 Å². The van der Waals surface area contributed by atoms with Crippen molar-refractivity contribution in [2.75, 3.05) is 0 Å². The van der Waals surface area contributed by atoms with Crippen LogP contribution in [0, 0.1) is 0 Å². The summed E-state index contributed by atoms with van der Waals surface area (Å²) < 4.78 is 5.92. The first-order valence-electron chi connectivity index (χ1n) is 6.77. The largest absolute Gasteiger partial charge is 0.454 e. The van der Waals surface area contributed by atoms with Gasteiger partial charge in [0.2, 0.25) is 0 Å². The van der Waals surface area contributed by atoms with Gasteiger partial charge in [0.1, 0.15) is 5.75 Å². The number of halogens is 3. The van der Waals surface area contributed by atoms with Crippen LogP contribution >= 0.6 is 34.8 Å². The molecular weight excluding hydrogens is 329 g/mol. The fourth-order valence-electron chi connectivity index (χ4n) is 2.02. The van der Waals surface area contributed by atoms with Crippen LogP contribution in [0.15, 0.2) is 36.4 Å². The SMILES string of the molecule is Clc1ccc(Oc2c(Cl)cccc2CNC2CC2)c(Cl)c1. The molecule has 0 radical (unpaired) electrons. The Morgan fingerprint density at radius 1 is 1.05 bits per heavy atom. The molecule has 1 aliphatic carbocycles. The molecule has 0 spiro atoms. The van der Waals surface area contributed by atoms with Gasteiger partial charge in [0.15, 0.2) is 5.75 Å². The third-order valence-electron chi connectivity index (χ3n) is 3.31. The predicted octanol–water partition coefficient (Wildman–Crippen LogP) is 5.69. The average molecular weight is 343 g/mol. The standard InChI is InChI=1S/C16H14Cl3NO/c17-11-4-7-15(14(19)8-11)21-16-10(2-1-3-13(16)18)9-20-12-5-6-12/h1-4,7-8,12,20H,5-6,9H2. The molecule has 0 bridgehead atoms. The van der Waals surface area contributed by atoms with Crippen molar-refractivity contribution in [3.05, 3.63) is 57.0 Å². The molecule has 5 heteroatoms. The van der Waals surface area contributed by atoms with Crippen LogP contribution in [-0.4, -0.2) is 6.04 Å². The molecule has 0 saturated heterocycles. The van der Waals surface area contributed by atoms with E-state index in [1.54, 1.807) is 24.3 Å². The monoisotopic (exact) mass is 341 g/mol. The molecule has 1 saturated carbocycles. The summed E-state index contributed by atoms with van der Waals surface area (Å²) in [5.74, 6) is 1.18. The first-order valence-corrected chi connectivity index (χ1v) is 7.90. The minimum Gasteiger partial charge on any atom is -0.454 e. The number of hydrogen-bond acceptors (Lipinski definition) is 2. The molecule has 1 N–H and O–H groups in total. The zero-order valence-electron chi connectivity index (χ0n) is 11.2. The van der Waals surface area contributed by atoms with Gasteiger partial charge in [0, 0.05) is 23.2 Å². The van der Waals surface area contributed by atoms with Gasteiger partial charge in [-0.2, -0.15) is 0 Å². The summed E-state index contributed by atoms with van der Waals surface area (Å²) in [7, 11) is 0. The van der Waals surface area contributed by atoms with Crippen LogP contribution in [0.5, 0.6) is 11.5 Å². The Bertz CT molecular complexity index is 656. The van der Waals surface area contributed by atoms with Crippen molar-refractivity contribution in [3.8, 4) is 11.5 Å². The summed E-state index contributed by atoms with van der Waals surface area (Å²) in [4.78, 5) is 0. The van der Waals surface area contributed by atoms with E-state index >= 15 is 0 Å². The number of ether oxygens (including phenoxy) is 1. The van der Waals surface area contributed by atoms with Crippen LogP contribution in [0.3, 0.4) is 0 Å². The number of rotatable bonds is 5. The van der Waals surface area contributed by atoms with Crippen molar-refractivity contribution in [2.45, 2.75) is 25.4 Å². The van der Waals surface area contributed by atoms with Crippen molar-refractivity contribution in [1.29, 1.82) is 0 Å². The van der Waals surface area contributed by atoms with E-state index in [-0.39, 0.29) is 0 Å². The molecule has 1 fully saturated rings. The average Bonchev–Trinajstić information content (AvgIpc) is 3.26. The van der Waals surface area contributed by atoms with E-state index in [9.17, 15) is 0 Å². The van der Waals surface area contributed by atoms with E-state index in [2.05, 4.69) is 5.32 Å². The highest BCUT2D eigenvalue weighted by atomic mass is 35.5. The van der Waals surface area contributed by atoms with Crippen molar-refractivity contribution in [3.63, 3.8) is 0 Å². The molecule has 1 aliphatic rings. The first-order chi connectivity index (χ1) is 10.1. The molecule has 0 unspecified atom stereocenters. The van der Waals surface area contributed by atoms with E-state index in [1.807, 2.05) is 12.1 Å². The number of hydrogen-bond donors (Lipinski definition) is 1. The summed E-state index contributed by atoms with van der Waals surface area (Å²) in [6.45, 7) is 0.728. The zero-order chi connectivity index (χ0) is 14.8. The van der Waals surface area contributed by atoms with Crippen molar-refractivity contribution >= 4 is 34.8 Å². The maximum absolute atomic E-state index is 6.27. The van der Waals surface area contributed by atoms with E-state index < -0.39 is 0 Å². The highest BCUT2D eigenvalue weighted by Gasteiger charge is 2.21. The van der Waals surface area contributed by atoms with Gasteiger partial charge in [-0.15, -0.1) is 0 Å². The second-order valence-electron chi connectivity index (χ2n) is 5.06. The molecule has 2 nitrogen and oxygen atoms in total. The Morgan fingerprint density at radius 2 is 1.86 bits per heavy atom. The molecule has 0 heterocycles. The third-order valence-corrected chi connectivity index (χ3v) is 4.14. The van der Waals surface area contributed by atoms with Gasteiger partial charge >= 0.3 is 0 Å². The quantitative estimate of drug-likeness (QED) is 0.753. The lowest BCUT2D eigenvalue weighted by atomic mass is 10.2. The van der Waals surface area contributed by atoms with Gasteiger partial charge in [-0.05, 0) is 37.1 Å². The maximum atomic E-state index is 6.27. The summed E-state index contributed by atoms with van der Waals surface area (Å²) in [6, 6.07) is 11.5. The van der Waals surface area contributed by atoms with Gasteiger partial charge in [-0.1, -0.05) is 46.9 Å². The summed E-state index contributed by atoms with van der Waals surface area (Å²) >= 11 is 18.3. The Labute approximate surface area is 139 Å². The molecule has 21 heavy (non-hydrogen) atoms. The lowest BCUT2D eigenvalue weighted by Gasteiger charge is -2.14. The number of nitrogens with one attached hydrogen (secondary N) is 1. The topological polar surface area (TPSA) is 21.3 Å². The van der Waals surface area contributed by atoms with Gasteiger partial charge in [-0.3, -0.25) is 0 Å².